The van der Waals surface area contributed by atoms with Gasteiger partial charge in [-0.25, -0.2) is 0 Å². The number of hydrogen-bond donors (Lipinski definition) is 0. The number of rotatable bonds is 2. The maximum Gasteiger partial charge on any atom is 0.223 e. The molecule has 102 valence electrons. The fraction of sp³-hybridized carbons (Fsp3) is 0.625. The molecule has 4 atom stereocenters. The standard InChI is InChI=1S/C16H21NO2/c1-16(2)10-12-8-9-13(16)15(17(18)19)14(12)11-6-4-3-5-7-11/h3-7,12-15H,8-10H2,1-2H3/t12-,13-,14-,15-/m0/s1. The van der Waals surface area contributed by atoms with Crippen LogP contribution in [-0.2, 0) is 0 Å². The molecule has 3 aliphatic rings. The zero-order valence-electron chi connectivity index (χ0n) is 11.6. The van der Waals surface area contributed by atoms with Crippen molar-refractivity contribution >= 4 is 0 Å². The highest BCUT2D eigenvalue weighted by Gasteiger charge is 2.58. The smallest absolute Gasteiger partial charge is 0.223 e. The first-order valence-electron chi connectivity index (χ1n) is 7.19. The molecule has 0 aliphatic heterocycles. The van der Waals surface area contributed by atoms with Gasteiger partial charge in [-0.3, -0.25) is 10.1 Å². The van der Waals surface area contributed by atoms with Gasteiger partial charge in [-0.15, -0.1) is 0 Å². The van der Waals surface area contributed by atoms with Crippen LogP contribution in [0, 0.1) is 27.4 Å². The fourth-order valence-corrected chi connectivity index (χ4v) is 4.60. The van der Waals surface area contributed by atoms with Crippen LogP contribution in [0.1, 0.15) is 44.6 Å². The lowest BCUT2D eigenvalue weighted by Gasteiger charge is -2.53. The van der Waals surface area contributed by atoms with Gasteiger partial charge in [0.05, 0.1) is 5.92 Å². The normalized spacial score (nSPS) is 36.1. The molecule has 0 amide bonds. The molecule has 1 aromatic carbocycles. The quantitative estimate of drug-likeness (QED) is 0.597. The van der Waals surface area contributed by atoms with E-state index >= 15 is 0 Å². The number of nitrogens with zero attached hydrogens (tertiary/aromatic N) is 1. The first kappa shape index (κ1) is 12.6. The van der Waals surface area contributed by atoms with Crippen LogP contribution in [-0.4, -0.2) is 11.0 Å². The van der Waals surface area contributed by atoms with Crippen LogP contribution >= 0.6 is 0 Å². The predicted octanol–water partition coefficient (Wildman–Crippen LogP) is 3.87. The molecule has 3 heteroatoms. The number of fused-ring (bicyclic) bond motifs is 3. The number of hydrogen-bond acceptors (Lipinski definition) is 2. The third-order valence-electron chi connectivity index (χ3n) is 5.36. The first-order valence-corrected chi connectivity index (χ1v) is 7.19. The van der Waals surface area contributed by atoms with Gasteiger partial charge in [-0.1, -0.05) is 44.2 Å². The van der Waals surface area contributed by atoms with Gasteiger partial charge >= 0.3 is 0 Å². The third-order valence-corrected chi connectivity index (χ3v) is 5.36. The maximum atomic E-state index is 11.6. The minimum absolute atomic E-state index is 0.00456. The van der Waals surface area contributed by atoms with E-state index in [1.165, 1.54) is 0 Å². The highest BCUT2D eigenvalue weighted by Crippen LogP contribution is 2.58. The lowest BCUT2D eigenvalue weighted by Crippen LogP contribution is -2.54. The Morgan fingerprint density at radius 1 is 1.21 bits per heavy atom. The molecule has 0 radical (unpaired) electrons. The van der Waals surface area contributed by atoms with Gasteiger partial charge in [0.25, 0.3) is 0 Å². The molecule has 0 spiro atoms. The van der Waals surface area contributed by atoms with Crippen molar-refractivity contribution in [2.45, 2.75) is 45.1 Å². The molecule has 0 N–H and O–H groups in total. The van der Waals surface area contributed by atoms with Gasteiger partial charge in [0, 0.05) is 10.8 Å². The van der Waals surface area contributed by atoms with E-state index in [0.29, 0.717) is 5.92 Å². The Bertz CT molecular complexity index is 483. The maximum absolute atomic E-state index is 11.6. The Morgan fingerprint density at radius 2 is 1.89 bits per heavy atom. The summed E-state index contributed by atoms with van der Waals surface area (Å²) in [6, 6.07) is 9.71. The predicted molar refractivity (Wildman–Crippen MR) is 74.6 cm³/mol. The average molecular weight is 259 g/mol. The minimum Gasteiger partial charge on any atom is -0.264 e. The summed E-state index contributed by atoms with van der Waals surface area (Å²) in [6.45, 7) is 4.42. The lowest BCUT2D eigenvalue weighted by molar-refractivity contribution is -0.550. The van der Waals surface area contributed by atoms with Crippen molar-refractivity contribution in [1.29, 1.82) is 0 Å². The fourth-order valence-electron chi connectivity index (χ4n) is 4.60. The Balaban J connectivity index is 2.02. The highest BCUT2D eigenvalue weighted by atomic mass is 16.6. The zero-order chi connectivity index (χ0) is 13.6. The molecular weight excluding hydrogens is 238 g/mol. The summed E-state index contributed by atoms with van der Waals surface area (Å²) in [5, 5.41) is 11.6. The molecule has 4 rings (SSSR count). The molecule has 0 unspecified atom stereocenters. The summed E-state index contributed by atoms with van der Waals surface area (Å²) < 4.78 is 0. The van der Waals surface area contributed by atoms with E-state index in [-0.39, 0.29) is 22.2 Å². The summed E-state index contributed by atoms with van der Waals surface area (Å²) in [5.41, 5.74) is 1.28. The second kappa shape index (κ2) is 4.32. The second-order valence-corrected chi connectivity index (χ2v) is 6.85. The van der Waals surface area contributed by atoms with Crippen molar-refractivity contribution in [2.75, 3.05) is 0 Å². The Morgan fingerprint density at radius 3 is 2.47 bits per heavy atom. The summed E-state index contributed by atoms with van der Waals surface area (Å²) in [5.74, 6) is 0.804. The zero-order valence-corrected chi connectivity index (χ0v) is 11.6. The summed E-state index contributed by atoms with van der Waals surface area (Å²) in [6.07, 6.45) is 3.30. The SMILES string of the molecule is CC1(C)C[C@@H]2CC[C@H]1[C@H]([N+](=O)[O-])[C@H]2c1ccccc1. The van der Waals surface area contributed by atoms with Crippen molar-refractivity contribution in [1.82, 2.24) is 0 Å². The molecule has 0 saturated heterocycles. The number of benzene rings is 1. The van der Waals surface area contributed by atoms with Gasteiger partial charge in [0.2, 0.25) is 6.04 Å². The van der Waals surface area contributed by atoms with Gasteiger partial charge in [0.15, 0.2) is 0 Å². The molecule has 0 heterocycles. The van der Waals surface area contributed by atoms with E-state index in [2.05, 4.69) is 26.0 Å². The molecule has 3 saturated carbocycles. The van der Waals surface area contributed by atoms with Crippen molar-refractivity contribution in [3.05, 3.63) is 46.0 Å². The molecule has 3 fully saturated rings. The number of nitro groups is 1. The second-order valence-electron chi connectivity index (χ2n) is 6.85. The van der Waals surface area contributed by atoms with Gasteiger partial charge in [-0.2, -0.15) is 0 Å². The minimum atomic E-state index is -0.398. The van der Waals surface area contributed by atoms with Crippen LogP contribution in [0.4, 0.5) is 0 Å². The Hall–Kier alpha value is -1.38. The summed E-state index contributed by atoms with van der Waals surface area (Å²) in [7, 11) is 0. The third kappa shape index (κ3) is 1.96. The Kier molecular flexibility index (Phi) is 2.88. The van der Waals surface area contributed by atoms with Crippen molar-refractivity contribution < 1.29 is 4.92 Å². The first-order chi connectivity index (χ1) is 9.00. The van der Waals surface area contributed by atoms with Crippen LogP contribution in [0.2, 0.25) is 0 Å². The van der Waals surface area contributed by atoms with E-state index in [1.54, 1.807) is 0 Å². The van der Waals surface area contributed by atoms with Crippen LogP contribution in [0.15, 0.2) is 30.3 Å². The van der Waals surface area contributed by atoms with Crippen LogP contribution < -0.4 is 0 Å². The summed E-state index contributed by atoms with van der Waals surface area (Å²) in [4.78, 5) is 11.6. The topological polar surface area (TPSA) is 43.1 Å². The molecule has 0 aromatic heterocycles. The van der Waals surface area contributed by atoms with Crippen molar-refractivity contribution in [2.24, 2.45) is 17.3 Å². The van der Waals surface area contributed by atoms with Gasteiger partial charge < -0.3 is 0 Å². The van der Waals surface area contributed by atoms with E-state index in [1.807, 2.05) is 18.2 Å². The molecule has 3 nitrogen and oxygen atoms in total. The Labute approximate surface area is 114 Å². The lowest BCUT2D eigenvalue weighted by atomic mass is 9.51. The van der Waals surface area contributed by atoms with E-state index in [4.69, 9.17) is 0 Å². The van der Waals surface area contributed by atoms with Crippen molar-refractivity contribution in [3.8, 4) is 0 Å². The molecule has 3 aliphatic carbocycles. The van der Waals surface area contributed by atoms with Crippen molar-refractivity contribution in [3.63, 3.8) is 0 Å². The summed E-state index contributed by atoms with van der Waals surface area (Å²) >= 11 is 0. The average Bonchev–Trinajstić information content (AvgIpc) is 2.38. The molecule has 1 aromatic rings. The molecular formula is C16H21NO2. The van der Waals surface area contributed by atoms with Crippen LogP contribution in [0.5, 0.6) is 0 Å². The highest BCUT2D eigenvalue weighted by molar-refractivity contribution is 5.25. The van der Waals surface area contributed by atoms with E-state index in [0.717, 1.165) is 24.8 Å². The monoisotopic (exact) mass is 259 g/mol. The van der Waals surface area contributed by atoms with Gasteiger partial charge in [-0.05, 0) is 36.2 Å². The van der Waals surface area contributed by atoms with Crippen LogP contribution in [0.3, 0.4) is 0 Å². The van der Waals surface area contributed by atoms with E-state index in [9.17, 15) is 10.1 Å². The molecule has 19 heavy (non-hydrogen) atoms. The largest absolute Gasteiger partial charge is 0.264 e. The molecule has 2 bridgehead atoms. The van der Waals surface area contributed by atoms with Crippen LogP contribution in [0.25, 0.3) is 0 Å². The van der Waals surface area contributed by atoms with Gasteiger partial charge in [0.1, 0.15) is 0 Å². The van der Waals surface area contributed by atoms with E-state index < -0.39 is 6.04 Å².